The van der Waals surface area contributed by atoms with Gasteiger partial charge in [0.25, 0.3) is 20.0 Å². The lowest BCUT2D eigenvalue weighted by Crippen LogP contribution is -2.25. The molecule has 2 N–H and O–H groups in total. The molecule has 0 saturated heterocycles. The van der Waals surface area contributed by atoms with E-state index >= 15 is 0 Å². The smallest absolute Gasteiger partial charge is 0.206 e. The second-order valence-electron chi connectivity index (χ2n) is 6.16. The first kappa shape index (κ1) is 21.9. The molecule has 0 saturated carbocycles. The Morgan fingerprint density at radius 3 is 1.44 bits per heavy atom. The van der Waals surface area contributed by atoms with Crippen LogP contribution in [-0.4, -0.2) is 16.8 Å². The van der Waals surface area contributed by atoms with Crippen molar-refractivity contribution in [3.05, 3.63) is 58.7 Å². The van der Waals surface area contributed by atoms with Crippen molar-refractivity contribution in [1.82, 2.24) is 8.25 Å². The third-order valence-electron chi connectivity index (χ3n) is 4.33. The highest BCUT2D eigenvalue weighted by Gasteiger charge is 2.19. The quantitative estimate of drug-likeness (QED) is 0.630. The lowest BCUT2D eigenvalue weighted by atomic mass is 10.1. The van der Waals surface area contributed by atoms with Crippen LogP contribution in [0, 0.1) is 13.8 Å². The fourth-order valence-corrected chi connectivity index (χ4v) is 5.79. The zero-order chi connectivity index (χ0) is 20.2. The zero-order valence-electron chi connectivity index (χ0n) is 15.7. The van der Waals surface area contributed by atoms with Crippen LogP contribution in [0.4, 0.5) is 0 Å². The van der Waals surface area contributed by atoms with Crippen LogP contribution in [0.25, 0.3) is 0 Å². The topological polar surface area (TPSA) is 92.3 Å². The molecule has 2 rings (SSSR count). The largest absolute Gasteiger partial charge is 0.250 e. The maximum atomic E-state index is 12.4. The summed E-state index contributed by atoms with van der Waals surface area (Å²) < 4.78 is 54.1. The van der Waals surface area contributed by atoms with Gasteiger partial charge in [0.1, 0.15) is 0 Å². The summed E-state index contributed by atoms with van der Waals surface area (Å²) in [6.07, 6.45) is 1.42. The third kappa shape index (κ3) is 5.32. The van der Waals surface area contributed by atoms with Gasteiger partial charge < -0.3 is 0 Å². The van der Waals surface area contributed by atoms with E-state index in [4.69, 9.17) is 0 Å². The van der Waals surface area contributed by atoms with Gasteiger partial charge in [0.2, 0.25) is 0 Å². The van der Waals surface area contributed by atoms with Gasteiger partial charge in [0.05, 0.1) is 9.79 Å². The predicted molar refractivity (Wildman–Crippen MR) is 109 cm³/mol. The summed E-state index contributed by atoms with van der Waals surface area (Å²) in [6, 6.07) is 9.67. The van der Waals surface area contributed by atoms with E-state index in [1.165, 1.54) is 12.1 Å². The molecule has 6 nitrogen and oxygen atoms in total. The highest BCUT2D eigenvalue weighted by molar-refractivity contribution is 8.14. The van der Waals surface area contributed by atoms with Crippen LogP contribution >= 0.6 is 12.1 Å². The van der Waals surface area contributed by atoms with Gasteiger partial charge in [0.15, 0.2) is 0 Å². The summed E-state index contributed by atoms with van der Waals surface area (Å²) in [5.41, 5.74) is 3.87. The number of sulfonamides is 2. The number of benzene rings is 2. The van der Waals surface area contributed by atoms with E-state index in [1.54, 1.807) is 24.3 Å². The minimum absolute atomic E-state index is 0.0975. The van der Waals surface area contributed by atoms with Crippen LogP contribution in [0.15, 0.2) is 46.2 Å². The van der Waals surface area contributed by atoms with E-state index in [1.807, 2.05) is 27.7 Å². The monoisotopic (exact) mass is 428 g/mol. The molecule has 0 radical (unpaired) electrons. The average molecular weight is 429 g/mol. The number of aryl methyl sites for hydroxylation is 4. The van der Waals surface area contributed by atoms with E-state index in [0.29, 0.717) is 25.0 Å². The molecule has 0 aliphatic heterocycles. The molecule has 0 unspecified atom stereocenters. The van der Waals surface area contributed by atoms with E-state index in [9.17, 15) is 16.8 Å². The third-order valence-corrected chi connectivity index (χ3v) is 8.50. The second-order valence-corrected chi connectivity index (χ2v) is 10.7. The van der Waals surface area contributed by atoms with Gasteiger partial charge in [-0.3, -0.25) is 0 Å². The first-order valence-electron chi connectivity index (χ1n) is 8.49. The Hall–Kier alpha value is -1.39. The standard InChI is InChI=1S/C18H24N2O4S3/c1-5-15-11-17(9-7-13(15)3)26(21,22)19-25-20-27(23,24)18-10-8-14(4)16(6-2)12-18/h7-12,19-20H,5-6H2,1-4H3. The molecule has 0 fully saturated rings. The molecule has 0 heterocycles. The molecular formula is C18H24N2O4S3. The average Bonchev–Trinajstić information content (AvgIpc) is 2.61. The summed E-state index contributed by atoms with van der Waals surface area (Å²) in [5.74, 6) is 0. The highest BCUT2D eigenvalue weighted by atomic mass is 32.3. The number of nitrogens with one attached hydrogen (secondary N) is 2. The van der Waals surface area contributed by atoms with Gasteiger partial charge in [0, 0.05) is 12.1 Å². The molecule has 0 spiro atoms. The minimum Gasteiger partial charge on any atom is -0.206 e. The van der Waals surface area contributed by atoms with Gasteiger partial charge in [-0.15, -0.1) is 8.25 Å². The Balaban J connectivity index is 2.12. The van der Waals surface area contributed by atoms with Crippen molar-refractivity contribution < 1.29 is 16.8 Å². The summed E-state index contributed by atoms with van der Waals surface area (Å²) in [5, 5.41) is 0. The summed E-state index contributed by atoms with van der Waals surface area (Å²) >= 11 is 0.416. The maximum absolute atomic E-state index is 12.4. The Kier molecular flexibility index (Phi) is 7.09. The first-order chi connectivity index (χ1) is 12.6. The molecule has 0 aliphatic carbocycles. The van der Waals surface area contributed by atoms with Crippen molar-refractivity contribution in [2.45, 2.75) is 50.3 Å². The normalized spacial score (nSPS) is 12.3. The Bertz CT molecular complexity index is 949. The second kappa shape index (κ2) is 8.74. The van der Waals surface area contributed by atoms with Crippen molar-refractivity contribution in [3.63, 3.8) is 0 Å². The van der Waals surface area contributed by atoms with E-state index in [-0.39, 0.29) is 9.79 Å². The molecule has 0 bridgehead atoms. The van der Waals surface area contributed by atoms with Crippen LogP contribution in [0.1, 0.15) is 36.1 Å². The molecule has 148 valence electrons. The summed E-state index contributed by atoms with van der Waals surface area (Å²) in [7, 11) is -7.70. The van der Waals surface area contributed by atoms with Gasteiger partial charge in [-0.25, -0.2) is 16.8 Å². The molecule has 0 atom stereocenters. The number of hydrogen-bond donors (Lipinski definition) is 2. The van der Waals surface area contributed by atoms with Crippen LogP contribution in [-0.2, 0) is 32.9 Å². The van der Waals surface area contributed by atoms with Crippen molar-refractivity contribution in [1.29, 1.82) is 0 Å². The predicted octanol–water partition coefficient (Wildman–Crippen LogP) is 3.25. The molecule has 0 aromatic heterocycles. The van der Waals surface area contributed by atoms with Gasteiger partial charge in [-0.1, -0.05) is 26.0 Å². The molecule has 0 aliphatic rings. The lowest BCUT2D eigenvalue weighted by molar-refractivity contribution is 0.594. The SMILES string of the molecule is CCc1cc(S(=O)(=O)NSNS(=O)(=O)c2ccc(C)c(CC)c2)ccc1C. The molecule has 2 aromatic rings. The zero-order valence-corrected chi connectivity index (χ0v) is 18.2. The Labute approximate surface area is 166 Å². The van der Waals surface area contributed by atoms with Crippen molar-refractivity contribution in [2.75, 3.05) is 0 Å². The molecular weight excluding hydrogens is 404 g/mol. The van der Waals surface area contributed by atoms with Crippen LogP contribution in [0.5, 0.6) is 0 Å². The van der Waals surface area contributed by atoms with Crippen LogP contribution in [0.2, 0.25) is 0 Å². The number of rotatable bonds is 8. The van der Waals surface area contributed by atoms with E-state index in [2.05, 4.69) is 8.25 Å². The van der Waals surface area contributed by atoms with Gasteiger partial charge in [-0.2, -0.15) is 0 Å². The summed E-state index contributed by atoms with van der Waals surface area (Å²) in [4.78, 5) is 0.195. The van der Waals surface area contributed by atoms with Crippen LogP contribution < -0.4 is 8.25 Å². The molecule has 27 heavy (non-hydrogen) atoms. The van der Waals surface area contributed by atoms with Crippen molar-refractivity contribution in [2.24, 2.45) is 0 Å². The van der Waals surface area contributed by atoms with Crippen LogP contribution in [0.3, 0.4) is 0 Å². The Morgan fingerprint density at radius 1 is 0.741 bits per heavy atom. The fraction of sp³-hybridized carbons (Fsp3) is 0.333. The van der Waals surface area contributed by atoms with Crippen molar-refractivity contribution in [3.8, 4) is 0 Å². The number of hydrogen-bond acceptors (Lipinski definition) is 5. The molecule has 2 aromatic carbocycles. The molecule has 0 amide bonds. The van der Waals surface area contributed by atoms with Crippen molar-refractivity contribution >= 4 is 32.2 Å². The summed E-state index contributed by atoms with van der Waals surface area (Å²) in [6.45, 7) is 7.72. The molecule has 9 heteroatoms. The first-order valence-corrected chi connectivity index (χ1v) is 12.3. The fourth-order valence-electron chi connectivity index (χ4n) is 2.61. The minimum atomic E-state index is -3.85. The van der Waals surface area contributed by atoms with Gasteiger partial charge in [-0.05, 0) is 73.2 Å². The maximum Gasteiger partial charge on any atom is 0.250 e. The van der Waals surface area contributed by atoms with Gasteiger partial charge >= 0.3 is 0 Å². The van der Waals surface area contributed by atoms with E-state index < -0.39 is 20.0 Å². The van der Waals surface area contributed by atoms with E-state index in [0.717, 1.165) is 22.3 Å². The lowest BCUT2D eigenvalue weighted by Gasteiger charge is -2.11. The Morgan fingerprint density at radius 2 is 1.11 bits per heavy atom. The highest BCUT2D eigenvalue weighted by Crippen LogP contribution is 2.19.